The van der Waals surface area contributed by atoms with Gasteiger partial charge < -0.3 is 9.15 Å². The van der Waals surface area contributed by atoms with E-state index in [-0.39, 0.29) is 0 Å². The summed E-state index contributed by atoms with van der Waals surface area (Å²) in [5.41, 5.74) is 4.58. The molecule has 0 amide bonds. The zero-order chi connectivity index (χ0) is 17.4. The third-order valence-electron chi connectivity index (χ3n) is 4.25. The van der Waals surface area contributed by atoms with Crippen molar-refractivity contribution in [3.63, 3.8) is 0 Å². The Morgan fingerprint density at radius 1 is 0.880 bits per heavy atom. The molecule has 0 bridgehead atoms. The van der Waals surface area contributed by atoms with Crippen LogP contribution in [0.4, 0.5) is 0 Å². The molecule has 4 rings (SSSR count). The van der Waals surface area contributed by atoms with Crippen LogP contribution in [0, 0.1) is 13.8 Å². The van der Waals surface area contributed by atoms with Gasteiger partial charge in [0.15, 0.2) is 0 Å². The molecule has 0 fully saturated rings. The second-order valence-corrected chi connectivity index (χ2v) is 5.91. The molecule has 4 aromatic rings. The molecule has 0 unspecified atom stereocenters. The van der Waals surface area contributed by atoms with Gasteiger partial charge in [-0.1, -0.05) is 18.2 Å². The number of benzene rings is 2. The summed E-state index contributed by atoms with van der Waals surface area (Å²) in [5.74, 6) is 1.77. The van der Waals surface area contributed by atoms with E-state index in [4.69, 9.17) is 9.15 Å². The van der Waals surface area contributed by atoms with Gasteiger partial charge in [0.05, 0.1) is 23.9 Å². The number of hydrogen-bond acceptors (Lipinski definition) is 5. The van der Waals surface area contributed by atoms with Gasteiger partial charge in [0.2, 0.25) is 11.8 Å². The molecule has 2 heterocycles. The highest BCUT2D eigenvalue weighted by atomic mass is 16.5. The van der Waals surface area contributed by atoms with Crippen molar-refractivity contribution in [2.24, 2.45) is 0 Å². The number of nitrogens with zero attached hydrogens (tertiary/aromatic N) is 3. The lowest BCUT2D eigenvalue weighted by Gasteiger charge is -2.06. The fourth-order valence-corrected chi connectivity index (χ4v) is 2.84. The number of aryl methyl sites for hydroxylation is 2. The lowest BCUT2D eigenvalue weighted by Crippen LogP contribution is -1.91. The number of ether oxygens (including phenoxy) is 1. The van der Waals surface area contributed by atoms with Crippen LogP contribution in [0.3, 0.4) is 0 Å². The van der Waals surface area contributed by atoms with Crippen molar-refractivity contribution in [2.75, 3.05) is 7.11 Å². The van der Waals surface area contributed by atoms with Crippen molar-refractivity contribution in [1.29, 1.82) is 0 Å². The Bertz CT molecular complexity index is 1070. The summed E-state index contributed by atoms with van der Waals surface area (Å²) >= 11 is 0. The minimum absolute atomic E-state index is 0.473. The Labute approximate surface area is 145 Å². The maximum atomic E-state index is 5.92. The van der Waals surface area contributed by atoms with E-state index in [1.54, 1.807) is 7.11 Å². The van der Waals surface area contributed by atoms with Gasteiger partial charge >= 0.3 is 0 Å². The zero-order valence-electron chi connectivity index (χ0n) is 14.3. The summed E-state index contributed by atoms with van der Waals surface area (Å²) in [6.45, 7) is 3.96. The van der Waals surface area contributed by atoms with Gasteiger partial charge in [-0.3, -0.25) is 4.98 Å². The fourth-order valence-electron chi connectivity index (χ4n) is 2.84. The average Bonchev–Trinajstić information content (AvgIpc) is 3.10. The largest absolute Gasteiger partial charge is 0.497 e. The fraction of sp³-hybridized carbons (Fsp3) is 0.150. The summed E-state index contributed by atoms with van der Waals surface area (Å²) < 4.78 is 11.2. The van der Waals surface area contributed by atoms with Gasteiger partial charge in [-0.05, 0) is 43.7 Å². The number of fused-ring (bicyclic) bond motifs is 1. The van der Waals surface area contributed by atoms with Gasteiger partial charge in [0, 0.05) is 17.0 Å². The minimum atomic E-state index is 0.473. The van der Waals surface area contributed by atoms with Crippen LogP contribution in [0.15, 0.2) is 52.9 Å². The molecule has 25 heavy (non-hydrogen) atoms. The van der Waals surface area contributed by atoms with Gasteiger partial charge in [-0.2, -0.15) is 0 Å². The van der Waals surface area contributed by atoms with E-state index in [0.29, 0.717) is 11.8 Å². The first kappa shape index (κ1) is 15.3. The molecule has 0 spiro atoms. The highest BCUT2D eigenvalue weighted by Crippen LogP contribution is 2.30. The molecule has 0 aliphatic rings. The Hall–Kier alpha value is -3.21. The molecule has 0 saturated heterocycles. The van der Waals surface area contributed by atoms with Crippen LogP contribution >= 0.6 is 0 Å². The van der Waals surface area contributed by atoms with E-state index in [9.17, 15) is 0 Å². The van der Waals surface area contributed by atoms with Gasteiger partial charge in [0.1, 0.15) is 5.75 Å². The number of hydrogen-bond donors (Lipinski definition) is 0. The van der Waals surface area contributed by atoms with Crippen molar-refractivity contribution in [1.82, 2.24) is 15.2 Å². The van der Waals surface area contributed by atoms with Gasteiger partial charge in [-0.25, -0.2) is 0 Å². The quantitative estimate of drug-likeness (QED) is 0.550. The van der Waals surface area contributed by atoms with Gasteiger partial charge in [-0.15, -0.1) is 10.2 Å². The predicted octanol–water partition coefficient (Wildman–Crippen LogP) is 4.58. The molecule has 0 radical (unpaired) electrons. The minimum Gasteiger partial charge on any atom is -0.497 e. The summed E-state index contributed by atoms with van der Waals surface area (Å²) in [5, 5.41) is 9.43. The van der Waals surface area contributed by atoms with E-state index in [1.807, 2.05) is 62.4 Å². The maximum Gasteiger partial charge on any atom is 0.250 e. The Balaban J connectivity index is 1.80. The number of aromatic nitrogens is 3. The first-order valence-electron chi connectivity index (χ1n) is 8.01. The van der Waals surface area contributed by atoms with Crippen LogP contribution in [0.1, 0.15) is 11.3 Å². The van der Waals surface area contributed by atoms with Crippen LogP contribution in [0.25, 0.3) is 33.8 Å². The molecule has 2 aromatic carbocycles. The summed E-state index contributed by atoms with van der Waals surface area (Å²) in [7, 11) is 1.65. The molecular weight excluding hydrogens is 314 g/mol. The van der Waals surface area contributed by atoms with E-state index in [2.05, 4.69) is 15.2 Å². The standard InChI is InChI=1S/C20H17N3O2/c1-12-6-4-5-7-16(12)19-22-23-20(25-19)17-10-14-8-9-15(24-3)11-18(14)21-13(17)2/h4-11H,1-3H3. The van der Waals surface area contributed by atoms with Crippen molar-refractivity contribution >= 4 is 10.9 Å². The summed E-state index contributed by atoms with van der Waals surface area (Å²) in [6.07, 6.45) is 0. The molecule has 5 nitrogen and oxygen atoms in total. The van der Waals surface area contributed by atoms with E-state index in [1.165, 1.54) is 0 Å². The normalized spacial score (nSPS) is 11.0. The molecule has 0 atom stereocenters. The highest BCUT2D eigenvalue weighted by molar-refractivity contribution is 5.84. The first-order valence-corrected chi connectivity index (χ1v) is 8.01. The Morgan fingerprint density at radius 2 is 1.64 bits per heavy atom. The molecule has 124 valence electrons. The second-order valence-electron chi connectivity index (χ2n) is 5.91. The van der Waals surface area contributed by atoms with Crippen LogP contribution in [0.5, 0.6) is 5.75 Å². The van der Waals surface area contributed by atoms with Crippen molar-refractivity contribution in [3.8, 4) is 28.7 Å². The Kier molecular flexibility index (Phi) is 3.69. The zero-order valence-corrected chi connectivity index (χ0v) is 14.3. The summed E-state index contributed by atoms with van der Waals surface area (Å²) in [6, 6.07) is 15.8. The molecule has 0 saturated carbocycles. The molecule has 0 aliphatic heterocycles. The van der Waals surface area contributed by atoms with E-state index in [0.717, 1.165) is 39.0 Å². The Morgan fingerprint density at radius 3 is 2.40 bits per heavy atom. The summed E-state index contributed by atoms with van der Waals surface area (Å²) in [4.78, 5) is 4.65. The first-order chi connectivity index (χ1) is 12.2. The topological polar surface area (TPSA) is 61.0 Å². The second kappa shape index (κ2) is 6.02. The lowest BCUT2D eigenvalue weighted by atomic mass is 10.1. The lowest BCUT2D eigenvalue weighted by molar-refractivity contribution is 0.415. The van der Waals surface area contributed by atoms with Crippen molar-refractivity contribution < 1.29 is 9.15 Å². The smallest absolute Gasteiger partial charge is 0.250 e. The van der Waals surface area contributed by atoms with Crippen LogP contribution in [0.2, 0.25) is 0 Å². The average molecular weight is 331 g/mol. The molecule has 0 N–H and O–H groups in total. The van der Waals surface area contributed by atoms with Crippen molar-refractivity contribution in [3.05, 3.63) is 59.8 Å². The van der Waals surface area contributed by atoms with E-state index < -0.39 is 0 Å². The third-order valence-corrected chi connectivity index (χ3v) is 4.25. The molecule has 2 aromatic heterocycles. The van der Waals surface area contributed by atoms with Crippen LogP contribution in [-0.4, -0.2) is 22.3 Å². The number of rotatable bonds is 3. The van der Waals surface area contributed by atoms with Crippen LogP contribution in [-0.2, 0) is 0 Å². The van der Waals surface area contributed by atoms with Crippen LogP contribution < -0.4 is 4.74 Å². The monoisotopic (exact) mass is 331 g/mol. The number of pyridine rings is 1. The van der Waals surface area contributed by atoms with Gasteiger partial charge in [0.25, 0.3) is 0 Å². The number of methoxy groups -OCH3 is 1. The molecule has 5 heteroatoms. The maximum absolute atomic E-state index is 5.92. The predicted molar refractivity (Wildman–Crippen MR) is 96.5 cm³/mol. The molecular formula is C20H17N3O2. The molecule has 0 aliphatic carbocycles. The van der Waals surface area contributed by atoms with Crippen molar-refractivity contribution in [2.45, 2.75) is 13.8 Å². The highest BCUT2D eigenvalue weighted by Gasteiger charge is 2.15. The van der Waals surface area contributed by atoms with E-state index >= 15 is 0 Å². The third kappa shape index (κ3) is 2.74. The SMILES string of the molecule is COc1ccc2cc(-c3nnc(-c4ccccc4C)o3)c(C)nc2c1.